The molecule has 1 heterocycles. The third-order valence-corrected chi connectivity index (χ3v) is 6.23. The maximum atomic E-state index is 14.0. The fourth-order valence-electron chi connectivity index (χ4n) is 4.17. The standard InChI is InChI=1S/C29H27ClF3N3O.ClH/c1-35(2)19-5-18-34-28(37)22-10-8-20(9-11-22)25-16-17-26(21-12-14-23(30)15-13-21)36(25)27-7-4-3-6-24(27)29(31,32)33;/h3-4,6-17H,5,18-19H2,1-2H3,(H,34,37);1H. The number of carbonyl (C=O) groups excluding carboxylic acids is 1. The molecule has 9 heteroatoms. The molecule has 0 saturated carbocycles. The lowest BCUT2D eigenvalue weighted by molar-refractivity contribution is -0.137. The van der Waals surface area contributed by atoms with E-state index in [2.05, 4.69) is 5.32 Å². The van der Waals surface area contributed by atoms with Crippen LogP contribution in [0.5, 0.6) is 0 Å². The van der Waals surface area contributed by atoms with Crippen LogP contribution in [-0.2, 0) is 6.18 Å². The summed E-state index contributed by atoms with van der Waals surface area (Å²) in [6.07, 6.45) is -3.71. The Bertz CT molecular complexity index is 1370. The lowest BCUT2D eigenvalue weighted by Crippen LogP contribution is -2.27. The Labute approximate surface area is 231 Å². The van der Waals surface area contributed by atoms with E-state index in [0.717, 1.165) is 24.6 Å². The topological polar surface area (TPSA) is 37.3 Å². The number of halogens is 5. The number of alkyl halides is 3. The predicted molar refractivity (Wildman–Crippen MR) is 149 cm³/mol. The van der Waals surface area contributed by atoms with E-state index in [0.29, 0.717) is 34.1 Å². The smallest absolute Gasteiger partial charge is 0.352 e. The van der Waals surface area contributed by atoms with Crippen LogP contribution in [-0.4, -0.2) is 42.6 Å². The minimum Gasteiger partial charge on any atom is -0.352 e. The monoisotopic (exact) mass is 561 g/mol. The molecule has 0 aliphatic rings. The molecule has 0 radical (unpaired) electrons. The maximum absolute atomic E-state index is 14.0. The lowest BCUT2D eigenvalue weighted by atomic mass is 10.1. The fraction of sp³-hybridized carbons (Fsp3) is 0.207. The fourth-order valence-corrected chi connectivity index (χ4v) is 4.29. The summed E-state index contributed by atoms with van der Waals surface area (Å²) in [4.78, 5) is 14.6. The summed E-state index contributed by atoms with van der Waals surface area (Å²) in [5.41, 5.74) is 2.33. The maximum Gasteiger partial charge on any atom is 0.418 e. The number of carbonyl (C=O) groups is 1. The zero-order valence-corrected chi connectivity index (χ0v) is 22.5. The number of amides is 1. The van der Waals surface area contributed by atoms with Gasteiger partial charge in [0.1, 0.15) is 0 Å². The molecule has 0 unspecified atom stereocenters. The van der Waals surface area contributed by atoms with Crippen molar-refractivity contribution in [3.05, 3.63) is 101 Å². The van der Waals surface area contributed by atoms with Gasteiger partial charge >= 0.3 is 6.18 Å². The van der Waals surface area contributed by atoms with Gasteiger partial charge in [-0.05, 0) is 86.7 Å². The third-order valence-electron chi connectivity index (χ3n) is 5.98. The predicted octanol–water partition coefficient (Wildman–Crippen LogP) is 7.59. The summed E-state index contributed by atoms with van der Waals surface area (Å²) in [7, 11) is 3.95. The molecule has 0 atom stereocenters. The van der Waals surface area contributed by atoms with Gasteiger partial charge in [-0.2, -0.15) is 13.2 Å². The second-order valence-corrected chi connectivity index (χ2v) is 9.39. The lowest BCUT2D eigenvalue weighted by Gasteiger charge is -2.19. The first kappa shape index (κ1) is 29.3. The highest BCUT2D eigenvalue weighted by Crippen LogP contribution is 2.39. The van der Waals surface area contributed by atoms with Crippen molar-refractivity contribution in [2.24, 2.45) is 0 Å². The van der Waals surface area contributed by atoms with Crippen LogP contribution in [0.2, 0.25) is 5.02 Å². The molecule has 0 aliphatic carbocycles. The molecule has 4 rings (SSSR count). The first-order valence-corrected chi connectivity index (χ1v) is 12.2. The number of rotatable bonds is 8. The Morgan fingerprint density at radius 1 is 0.868 bits per heavy atom. The van der Waals surface area contributed by atoms with Crippen LogP contribution in [0.3, 0.4) is 0 Å². The zero-order valence-electron chi connectivity index (χ0n) is 20.9. The van der Waals surface area contributed by atoms with Crippen molar-refractivity contribution in [3.63, 3.8) is 0 Å². The van der Waals surface area contributed by atoms with Crippen LogP contribution in [0.4, 0.5) is 13.2 Å². The van der Waals surface area contributed by atoms with Crippen LogP contribution < -0.4 is 5.32 Å². The first-order valence-electron chi connectivity index (χ1n) is 11.8. The normalized spacial score (nSPS) is 11.3. The van der Waals surface area contributed by atoms with E-state index in [1.165, 1.54) is 12.1 Å². The summed E-state index contributed by atoms with van der Waals surface area (Å²) < 4.78 is 43.6. The second-order valence-electron chi connectivity index (χ2n) is 8.95. The molecule has 1 N–H and O–H groups in total. The minimum absolute atomic E-state index is 0. The summed E-state index contributed by atoms with van der Waals surface area (Å²) in [5.74, 6) is -0.190. The van der Waals surface area contributed by atoms with Gasteiger partial charge in [0, 0.05) is 17.1 Å². The van der Waals surface area contributed by atoms with Crippen LogP contribution in [0.25, 0.3) is 28.2 Å². The quantitative estimate of drug-likeness (QED) is 0.225. The largest absolute Gasteiger partial charge is 0.418 e. The Kier molecular flexibility index (Phi) is 9.66. The Morgan fingerprint density at radius 3 is 1.97 bits per heavy atom. The van der Waals surface area contributed by atoms with Crippen molar-refractivity contribution in [2.45, 2.75) is 12.6 Å². The molecule has 4 nitrogen and oxygen atoms in total. The van der Waals surface area contributed by atoms with Gasteiger partial charge in [-0.1, -0.05) is 48.0 Å². The summed E-state index contributed by atoms with van der Waals surface area (Å²) >= 11 is 6.05. The number of para-hydroxylation sites is 1. The van der Waals surface area contributed by atoms with E-state index >= 15 is 0 Å². The number of nitrogens with one attached hydrogen (secondary N) is 1. The van der Waals surface area contributed by atoms with Crippen molar-refractivity contribution >= 4 is 29.9 Å². The van der Waals surface area contributed by atoms with Gasteiger partial charge < -0.3 is 14.8 Å². The van der Waals surface area contributed by atoms with Crippen molar-refractivity contribution in [1.29, 1.82) is 0 Å². The molecule has 0 bridgehead atoms. The highest BCUT2D eigenvalue weighted by Gasteiger charge is 2.34. The molecule has 38 heavy (non-hydrogen) atoms. The molecule has 3 aromatic carbocycles. The molecule has 1 aromatic heterocycles. The van der Waals surface area contributed by atoms with Gasteiger partial charge in [0.05, 0.1) is 22.6 Å². The van der Waals surface area contributed by atoms with Crippen molar-refractivity contribution in [1.82, 2.24) is 14.8 Å². The number of hydrogen-bond donors (Lipinski definition) is 1. The Morgan fingerprint density at radius 2 is 1.42 bits per heavy atom. The summed E-state index contributed by atoms with van der Waals surface area (Å²) in [6, 6.07) is 22.9. The highest BCUT2D eigenvalue weighted by molar-refractivity contribution is 6.30. The van der Waals surface area contributed by atoms with E-state index in [9.17, 15) is 18.0 Å². The molecule has 200 valence electrons. The summed E-state index contributed by atoms with van der Waals surface area (Å²) in [5, 5.41) is 3.43. The molecular formula is C29H28Cl2F3N3O. The van der Waals surface area contributed by atoms with E-state index < -0.39 is 11.7 Å². The molecule has 0 spiro atoms. The number of benzene rings is 3. The molecule has 4 aromatic rings. The Hall–Kier alpha value is -3.26. The first-order chi connectivity index (χ1) is 17.6. The van der Waals surface area contributed by atoms with E-state index in [-0.39, 0.29) is 24.0 Å². The minimum atomic E-state index is -4.54. The van der Waals surface area contributed by atoms with Gasteiger partial charge in [-0.15, -0.1) is 12.4 Å². The van der Waals surface area contributed by atoms with Crippen LogP contribution in [0.1, 0.15) is 22.3 Å². The van der Waals surface area contributed by atoms with Gasteiger partial charge in [-0.3, -0.25) is 4.79 Å². The van der Waals surface area contributed by atoms with E-state index in [1.807, 2.05) is 19.0 Å². The molecule has 0 aliphatic heterocycles. The summed E-state index contributed by atoms with van der Waals surface area (Å²) in [6.45, 7) is 1.42. The molecule has 1 amide bonds. The van der Waals surface area contributed by atoms with Crippen molar-refractivity contribution in [2.75, 3.05) is 27.2 Å². The number of aromatic nitrogens is 1. The number of hydrogen-bond acceptors (Lipinski definition) is 2. The van der Waals surface area contributed by atoms with Crippen LogP contribution in [0, 0.1) is 0 Å². The van der Waals surface area contributed by atoms with Crippen LogP contribution in [0.15, 0.2) is 84.9 Å². The van der Waals surface area contributed by atoms with Gasteiger partial charge in [-0.25, -0.2) is 0 Å². The number of nitrogens with zero attached hydrogens (tertiary/aromatic N) is 2. The molecule has 0 fully saturated rings. The SMILES string of the molecule is CN(C)CCCNC(=O)c1ccc(-c2ccc(-c3ccc(Cl)cc3)n2-c2ccccc2C(F)(F)F)cc1.Cl. The van der Waals surface area contributed by atoms with Gasteiger partial charge in [0.25, 0.3) is 5.91 Å². The zero-order chi connectivity index (χ0) is 26.6. The Balaban J connectivity index is 0.00000400. The average molecular weight is 562 g/mol. The third kappa shape index (κ3) is 6.78. The average Bonchev–Trinajstić information content (AvgIpc) is 3.31. The van der Waals surface area contributed by atoms with Crippen molar-refractivity contribution < 1.29 is 18.0 Å². The van der Waals surface area contributed by atoms with Crippen LogP contribution >= 0.6 is 24.0 Å². The second kappa shape index (κ2) is 12.5. The highest BCUT2D eigenvalue weighted by atomic mass is 35.5. The van der Waals surface area contributed by atoms with E-state index in [4.69, 9.17) is 11.6 Å². The van der Waals surface area contributed by atoms with Gasteiger partial charge in [0.2, 0.25) is 0 Å². The molecular weight excluding hydrogens is 534 g/mol. The van der Waals surface area contributed by atoms with Crippen molar-refractivity contribution in [3.8, 4) is 28.2 Å². The van der Waals surface area contributed by atoms with E-state index in [1.54, 1.807) is 71.3 Å². The van der Waals surface area contributed by atoms with Gasteiger partial charge in [0.15, 0.2) is 0 Å². The molecule has 0 saturated heterocycles.